The van der Waals surface area contributed by atoms with Crippen LogP contribution in [0.25, 0.3) is 6.08 Å². The molecular weight excluding hydrogens is 364 g/mol. The molecule has 0 unspecified atom stereocenters. The first-order valence-electron chi connectivity index (χ1n) is 8.37. The van der Waals surface area contributed by atoms with Crippen molar-refractivity contribution in [2.45, 2.75) is 4.90 Å². The third kappa shape index (κ3) is 4.69. The van der Waals surface area contributed by atoms with Crippen molar-refractivity contribution in [3.05, 3.63) is 58.5 Å². The molecule has 6 nitrogen and oxygen atoms in total. The lowest BCUT2D eigenvalue weighted by molar-refractivity contribution is -0.112. The molecule has 3 rings (SSSR count). The summed E-state index contributed by atoms with van der Waals surface area (Å²) in [5, 5.41) is 5.62. The lowest BCUT2D eigenvalue weighted by Gasteiger charge is -2.19. The number of carbonyl (C=O) groups is 2. The number of thioether (sulfide) groups is 1. The molecule has 0 radical (unpaired) electrons. The summed E-state index contributed by atoms with van der Waals surface area (Å²) in [6.07, 6.45) is 1.83. The van der Waals surface area contributed by atoms with Crippen LogP contribution in [0.1, 0.15) is 15.9 Å². The van der Waals surface area contributed by atoms with Gasteiger partial charge < -0.3 is 20.1 Å². The lowest BCUT2D eigenvalue weighted by Crippen LogP contribution is -2.27. The second-order valence-electron chi connectivity index (χ2n) is 5.80. The second kappa shape index (κ2) is 8.75. The number of ether oxygens (including phenoxy) is 2. The van der Waals surface area contributed by atoms with Gasteiger partial charge in [0.25, 0.3) is 11.8 Å². The molecule has 0 aromatic heterocycles. The van der Waals surface area contributed by atoms with Crippen molar-refractivity contribution >= 4 is 35.3 Å². The Bertz CT molecular complexity index is 878. The molecule has 2 amide bonds. The van der Waals surface area contributed by atoms with E-state index in [4.69, 9.17) is 9.47 Å². The number of fused-ring (bicyclic) bond motifs is 1. The SMILES string of the molecule is COCCNC(=O)c1ccc2c(c1)NC(=O)C(=Cc1ccc(OC)cc1)S2. The van der Waals surface area contributed by atoms with E-state index in [1.165, 1.54) is 11.8 Å². The fourth-order valence-corrected chi connectivity index (χ4v) is 3.45. The van der Waals surface area contributed by atoms with Gasteiger partial charge in [0.05, 0.1) is 24.3 Å². The zero-order valence-electron chi connectivity index (χ0n) is 15.1. The van der Waals surface area contributed by atoms with Crippen molar-refractivity contribution < 1.29 is 19.1 Å². The predicted molar refractivity (Wildman–Crippen MR) is 106 cm³/mol. The third-order valence-corrected chi connectivity index (χ3v) is 5.04. The van der Waals surface area contributed by atoms with Crippen LogP contribution in [0, 0.1) is 0 Å². The van der Waals surface area contributed by atoms with Crippen LogP contribution in [-0.4, -0.2) is 39.2 Å². The standard InChI is InChI=1S/C20H20N2O4S/c1-25-10-9-21-19(23)14-5-8-17-16(12-14)22-20(24)18(27-17)11-13-3-6-15(26-2)7-4-13/h3-8,11-12H,9-10H2,1-2H3,(H,21,23)(H,22,24). The summed E-state index contributed by atoms with van der Waals surface area (Å²) in [6, 6.07) is 12.8. The largest absolute Gasteiger partial charge is 0.497 e. The van der Waals surface area contributed by atoms with Crippen molar-refractivity contribution in [1.82, 2.24) is 5.32 Å². The molecule has 2 N–H and O–H groups in total. The van der Waals surface area contributed by atoms with Crippen LogP contribution >= 0.6 is 11.8 Å². The Morgan fingerprint density at radius 2 is 1.96 bits per heavy atom. The summed E-state index contributed by atoms with van der Waals surface area (Å²) < 4.78 is 10.1. The molecule has 2 aromatic carbocycles. The molecule has 1 heterocycles. The van der Waals surface area contributed by atoms with Gasteiger partial charge in [-0.05, 0) is 42.0 Å². The maximum absolute atomic E-state index is 12.4. The number of nitrogens with one attached hydrogen (secondary N) is 2. The highest BCUT2D eigenvalue weighted by atomic mass is 32.2. The first kappa shape index (κ1) is 19.0. The molecule has 7 heteroatoms. The van der Waals surface area contributed by atoms with Gasteiger partial charge in [0.2, 0.25) is 0 Å². The van der Waals surface area contributed by atoms with Gasteiger partial charge in [-0.3, -0.25) is 9.59 Å². The predicted octanol–water partition coefficient (Wildman–Crippen LogP) is 3.16. The summed E-state index contributed by atoms with van der Waals surface area (Å²) in [5.74, 6) is 0.369. The molecule has 0 saturated heterocycles. The van der Waals surface area contributed by atoms with Crippen LogP contribution in [-0.2, 0) is 9.53 Å². The summed E-state index contributed by atoms with van der Waals surface area (Å²) in [7, 11) is 3.19. The van der Waals surface area contributed by atoms with Crippen molar-refractivity contribution in [3.8, 4) is 5.75 Å². The van der Waals surface area contributed by atoms with E-state index < -0.39 is 0 Å². The Labute approximate surface area is 161 Å². The average Bonchev–Trinajstić information content (AvgIpc) is 2.69. The van der Waals surface area contributed by atoms with E-state index in [0.29, 0.717) is 29.3 Å². The molecular formula is C20H20N2O4S. The van der Waals surface area contributed by atoms with Crippen LogP contribution in [0.2, 0.25) is 0 Å². The molecule has 0 spiro atoms. The van der Waals surface area contributed by atoms with Gasteiger partial charge in [-0.25, -0.2) is 0 Å². The number of rotatable bonds is 6. The maximum atomic E-state index is 12.4. The number of hydrogen-bond acceptors (Lipinski definition) is 5. The van der Waals surface area contributed by atoms with Gasteiger partial charge in [0, 0.05) is 24.1 Å². The summed E-state index contributed by atoms with van der Waals surface area (Å²) >= 11 is 1.38. The van der Waals surface area contributed by atoms with Crippen molar-refractivity contribution in [1.29, 1.82) is 0 Å². The third-order valence-electron chi connectivity index (χ3n) is 3.94. The lowest BCUT2D eigenvalue weighted by atomic mass is 10.1. The van der Waals surface area contributed by atoms with E-state index in [1.54, 1.807) is 26.4 Å². The number of carbonyl (C=O) groups excluding carboxylic acids is 2. The molecule has 0 atom stereocenters. The van der Waals surface area contributed by atoms with Crippen molar-refractivity contribution in [3.63, 3.8) is 0 Å². The molecule has 0 aliphatic carbocycles. The monoisotopic (exact) mass is 384 g/mol. The molecule has 2 aromatic rings. The van der Waals surface area contributed by atoms with Crippen LogP contribution in [0.4, 0.5) is 5.69 Å². The van der Waals surface area contributed by atoms with E-state index in [9.17, 15) is 9.59 Å². The number of amides is 2. The highest BCUT2D eigenvalue weighted by Crippen LogP contribution is 2.39. The maximum Gasteiger partial charge on any atom is 0.262 e. The molecule has 140 valence electrons. The number of methoxy groups -OCH3 is 2. The first-order chi connectivity index (χ1) is 13.1. The number of anilines is 1. The Balaban J connectivity index is 1.76. The minimum atomic E-state index is -0.200. The molecule has 0 bridgehead atoms. The quantitative estimate of drug-likeness (QED) is 0.591. The van der Waals surface area contributed by atoms with Crippen LogP contribution < -0.4 is 15.4 Å². The van der Waals surface area contributed by atoms with Gasteiger partial charge in [0.1, 0.15) is 5.75 Å². The highest BCUT2D eigenvalue weighted by Gasteiger charge is 2.22. The minimum absolute atomic E-state index is 0.194. The van der Waals surface area contributed by atoms with E-state index in [2.05, 4.69) is 10.6 Å². The summed E-state index contributed by atoms with van der Waals surface area (Å²) in [4.78, 5) is 26.1. The first-order valence-corrected chi connectivity index (χ1v) is 9.18. The average molecular weight is 384 g/mol. The Morgan fingerprint density at radius 3 is 2.67 bits per heavy atom. The fraction of sp³-hybridized carbons (Fsp3) is 0.200. The number of hydrogen-bond donors (Lipinski definition) is 2. The topological polar surface area (TPSA) is 76.7 Å². The molecule has 1 aliphatic rings. The van der Waals surface area contributed by atoms with Crippen molar-refractivity contribution in [2.24, 2.45) is 0 Å². The summed E-state index contributed by atoms with van der Waals surface area (Å²) in [5.41, 5.74) is 2.04. The zero-order chi connectivity index (χ0) is 19.2. The minimum Gasteiger partial charge on any atom is -0.497 e. The Kier molecular flexibility index (Phi) is 6.16. The smallest absolute Gasteiger partial charge is 0.262 e. The van der Waals surface area contributed by atoms with Crippen LogP contribution in [0.15, 0.2) is 52.3 Å². The van der Waals surface area contributed by atoms with Crippen LogP contribution in [0.3, 0.4) is 0 Å². The van der Waals surface area contributed by atoms with E-state index in [1.807, 2.05) is 36.4 Å². The molecule has 0 saturated carbocycles. The van der Waals surface area contributed by atoms with Gasteiger partial charge in [-0.15, -0.1) is 0 Å². The molecule has 1 aliphatic heterocycles. The van der Waals surface area contributed by atoms with E-state index >= 15 is 0 Å². The second-order valence-corrected chi connectivity index (χ2v) is 6.88. The fourth-order valence-electron chi connectivity index (χ4n) is 2.52. The Hall–Kier alpha value is -2.77. The zero-order valence-corrected chi connectivity index (χ0v) is 15.9. The summed E-state index contributed by atoms with van der Waals surface area (Å²) in [6.45, 7) is 0.880. The van der Waals surface area contributed by atoms with Gasteiger partial charge >= 0.3 is 0 Å². The normalized spacial score (nSPS) is 14.4. The number of benzene rings is 2. The Morgan fingerprint density at radius 1 is 1.19 bits per heavy atom. The van der Waals surface area contributed by atoms with Gasteiger partial charge in [-0.2, -0.15) is 0 Å². The molecule has 27 heavy (non-hydrogen) atoms. The van der Waals surface area contributed by atoms with Gasteiger partial charge in [-0.1, -0.05) is 23.9 Å². The highest BCUT2D eigenvalue weighted by molar-refractivity contribution is 8.04. The van der Waals surface area contributed by atoms with Crippen molar-refractivity contribution in [2.75, 3.05) is 32.7 Å². The molecule has 0 fully saturated rings. The van der Waals surface area contributed by atoms with Gasteiger partial charge in [0.15, 0.2) is 0 Å². The van der Waals surface area contributed by atoms with Crippen LogP contribution in [0.5, 0.6) is 5.75 Å². The van der Waals surface area contributed by atoms with E-state index in [-0.39, 0.29) is 11.8 Å². The van der Waals surface area contributed by atoms with E-state index in [0.717, 1.165) is 16.2 Å².